The Morgan fingerprint density at radius 2 is 2.07 bits per heavy atom. The molecule has 0 amide bonds. The first-order valence-electron chi connectivity index (χ1n) is 4.97. The Bertz CT molecular complexity index is 563. The third-order valence-corrected chi connectivity index (χ3v) is 2.59. The van der Waals surface area contributed by atoms with Crippen LogP contribution >= 0.6 is 0 Å². The Morgan fingerprint density at radius 1 is 1.13 bits per heavy atom. The summed E-state index contributed by atoms with van der Waals surface area (Å²) in [5, 5.41) is 1.27. The number of aromatic nitrogens is 3. The number of aromatic amines is 2. The number of rotatable bonds is 2. The van der Waals surface area contributed by atoms with Gasteiger partial charge in [-0.2, -0.15) is 0 Å². The normalized spacial score (nSPS) is 10.9. The fraction of sp³-hybridized carbons (Fsp3) is 0.0833. The third kappa shape index (κ3) is 1.42. The summed E-state index contributed by atoms with van der Waals surface area (Å²) in [6.45, 7) is 0. The SMILES string of the molecule is c1ccc2c(Cc3ncc[nH]3)c[nH]c2c1. The number of nitrogens with one attached hydrogen (secondary N) is 2. The molecule has 3 heteroatoms. The Kier molecular flexibility index (Phi) is 1.81. The summed E-state index contributed by atoms with van der Waals surface area (Å²) >= 11 is 0. The predicted octanol–water partition coefficient (Wildman–Crippen LogP) is 2.48. The molecule has 0 fully saturated rings. The fourth-order valence-corrected chi connectivity index (χ4v) is 1.85. The second-order valence-corrected chi connectivity index (χ2v) is 3.57. The Morgan fingerprint density at radius 3 is 2.93 bits per heavy atom. The highest BCUT2D eigenvalue weighted by molar-refractivity contribution is 5.83. The van der Waals surface area contributed by atoms with Gasteiger partial charge in [0.15, 0.2) is 0 Å². The van der Waals surface area contributed by atoms with Crippen molar-refractivity contribution in [1.29, 1.82) is 0 Å². The molecular weight excluding hydrogens is 186 g/mol. The molecule has 0 saturated carbocycles. The highest BCUT2D eigenvalue weighted by Crippen LogP contribution is 2.19. The molecule has 0 bridgehead atoms. The average molecular weight is 197 g/mol. The molecule has 0 radical (unpaired) electrons. The second kappa shape index (κ2) is 3.28. The number of para-hydroxylation sites is 1. The second-order valence-electron chi connectivity index (χ2n) is 3.57. The van der Waals surface area contributed by atoms with Gasteiger partial charge in [-0.05, 0) is 11.6 Å². The van der Waals surface area contributed by atoms with Crippen LogP contribution in [0.5, 0.6) is 0 Å². The lowest BCUT2D eigenvalue weighted by Gasteiger charge is -1.95. The van der Waals surface area contributed by atoms with Gasteiger partial charge in [-0.25, -0.2) is 4.98 Å². The van der Waals surface area contributed by atoms with Crippen LogP contribution in [0.3, 0.4) is 0 Å². The Labute approximate surface area is 87.2 Å². The van der Waals surface area contributed by atoms with E-state index in [4.69, 9.17) is 0 Å². The number of fused-ring (bicyclic) bond motifs is 1. The molecule has 1 aromatic carbocycles. The van der Waals surface area contributed by atoms with Crippen LogP contribution in [0.25, 0.3) is 10.9 Å². The molecule has 0 spiro atoms. The number of H-pyrrole nitrogens is 2. The lowest BCUT2D eigenvalue weighted by molar-refractivity contribution is 1.03. The standard InChI is InChI=1S/C12H11N3/c1-2-4-11-10(3-1)9(8-15-11)7-12-13-5-6-14-12/h1-6,8,15H,7H2,(H,13,14). The predicted molar refractivity (Wildman–Crippen MR) is 59.7 cm³/mol. The number of hydrogen-bond acceptors (Lipinski definition) is 1. The number of benzene rings is 1. The van der Waals surface area contributed by atoms with E-state index in [0.717, 1.165) is 12.2 Å². The van der Waals surface area contributed by atoms with Crippen LogP contribution in [0, 0.1) is 0 Å². The van der Waals surface area contributed by atoms with Crippen LogP contribution in [0.4, 0.5) is 0 Å². The van der Waals surface area contributed by atoms with Crippen molar-refractivity contribution in [3.05, 3.63) is 54.2 Å². The van der Waals surface area contributed by atoms with Gasteiger partial charge in [0.25, 0.3) is 0 Å². The minimum atomic E-state index is 0.844. The summed E-state index contributed by atoms with van der Waals surface area (Å²) in [5.41, 5.74) is 2.46. The van der Waals surface area contributed by atoms with Gasteiger partial charge in [0, 0.05) is 35.9 Å². The lowest BCUT2D eigenvalue weighted by Crippen LogP contribution is -1.88. The van der Waals surface area contributed by atoms with Crippen LogP contribution in [0.15, 0.2) is 42.9 Å². The maximum absolute atomic E-state index is 4.23. The first-order chi connectivity index (χ1) is 7.43. The molecule has 15 heavy (non-hydrogen) atoms. The van der Waals surface area contributed by atoms with Gasteiger partial charge in [-0.3, -0.25) is 0 Å². The van der Waals surface area contributed by atoms with Crippen LogP contribution in [0.1, 0.15) is 11.4 Å². The fourth-order valence-electron chi connectivity index (χ4n) is 1.85. The molecule has 0 unspecified atom stereocenters. The van der Waals surface area contributed by atoms with Gasteiger partial charge in [0.05, 0.1) is 0 Å². The van der Waals surface area contributed by atoms with Gasteiger partial charge >= 0.3 is 0 Å². The first-order valence-corrected chi connectivity index (χ1v) is 4.97. The smallest absolute Gasteiger partial charge is 0.110 e. The van der Waals surface area contributed by atoms with Crippen LogP contribution in [-0.2, 0) is 6.42 Å². The summed E-state index contributed by atoms with van der Waals surface area (Å²) in [5.74, 6) is 1.000. The average Bonchev–Trinajstić information content (AvgIpc) is 2.89. The van der Waals surface area contributed by atoms with Crippen LogP contribution in [0.2, 0.25) is 0 Å². The van der Waals surface area contributed by atoms with E-state index in [0.29, 0.717) is 0 Å². The summed E-state index contributed by atoms with van der Waals surface area (Å²) in [6, 6.07) is 8.31. The van der Waals surface area contributed by atoms with Crippen molar-refractivity contribution in [2.45, 2.75) is 6.42 Å². The van der Waals surface area contributed by atoms with E-state index in [1.165, 1.54) is 16.5 Å². The maximum atomic E-state index is 4.23. The lowest BCUT2D eigenvalue weighted by atomic mass is 10.1. The molecule has 0 aliphatic heterocycles. The molecule has 3 rings (SSSR count). The minimum Gasteiger partial charge on any atom is -0.361 e. The zero-order chi connectivity index (χ0) is 10.1. The maximum Gasteiger partial charge on any atom is 0.110 e. The van der Waals surface area contributed by atoms with Crippen molar-refractivity contribution in [3.63, 3.8) is 0 Å². The minimum absolute atomic E-state index is 0.844. The molecule has 0 atom stereocenters. The molecule has 2 N–H and O–H groups in total. The Hall–Kier alpha value is -2.03. The van der Waals surface area contributed by atoms with Crippen molar-refractivity contribution in [2.75, 3.05) is 0 Å². The summed E-state index contributed by atoms with van der Waals surface area (Å²) in [7, 11) is 0. The summed E-state index contributed by atoms with van der Waals surface area (Å²) in [4.78, 5) is 10.6. The zero-order valence-corrected chi connectivity index (χ0v) is 8.20. The van der Waals surface area contributed by atoms with Gasteiger partial charge in [-0.15, -0.1) is 0 Å². The highest BCUT2D eigenvalue weighted by Gasteiger charge is 2.04. The van der Waals surface area contributed by atoms with Crippen LogP contribution < -0.4 is 0 Å². The quantitative estimate of drug-likeness (QED) is 0.651. The molecule has 3 aromatic rings. The van der Waals surface area contributed by atoms with Crippen molar-refractivity contribution in [2.24, 2.45) is 0 Å². The largest absolute Gasteiger partial charge is 0.361 e. The summed E-state index contributed by atoms with van der Waals surface area (Å²) < 4.78 is 0. The monoisotopic (exact) mass is 197 g/mol. The molecule has 0 aliphatic carbocycles. The van der Waals surface area contributed by atoms with Gasteiger partial charge in [-0.1, -0.05) is 18.2 Å². The number of nitrogens with zero attached hydrogens (tertiary/aromatic N) is 1. The number of hydrogen-bond donors (Lipinski definition) is 2. The molecule has 0 saturated heterocycles. The Balaban J connectivity index is 2.05. The highest BCUT2D eigenvalue weighted by atomic mass is 14.9. The first kappa shape index (κ1) is 8.29. The van der Waals surface area contributed by atoms with Gasteiger partial charge in [0.2, 0.25) is 0 Å². The topological polar surface area (TPSA) is 44.5 Å². The van der Waals surface area contributed by atoms with E-state index >= 15 is 0 Å². The molecule has 74 valence electrons. The van der Waals surface area contributed by atoms with E-state index < -0.39 is 0 Å². The van der Waals surface area contributed by atoms with Gasteiger partial charge < -0.3 is 9.97 Å². The van der Waals surface area contributed by atoms with Crippen molar-refractivity contribution < 1.29 is 0 Å². The van der Waals surface area contributed by atoms with Crippen LogP contribution in [-0.4, -0.2) is 15.0 Å². The van der Waals surface area contributed by atoms with Gasteiger partial charge in [0.1, 0.15) is 5.82 Å². The third-order valence-electron chi connectivity index (χ3n) is 2.59. The van der Waals surface area contributed by atoms with E-state index in [9.17, 15) is 0 Å². The zero-order valence-electron chi connectivity index (χ0n) is 8.20. The molecule has 2 aromatic heterocycles. The van der Waals surface area contributed by atoms with E-state index in [1.54, 1.807) is 6.20 Å². The molecule has 2 heterocycles. The molecule has 0 aliphatic rings. The van der Waals surface area contributed by atoms with Crippen molar-refractivity contribution >= 4 is 10.9 Å². The van der Waals surface area contributed by atoms with Crippen molar-refractivity contribution in [3.8, 4) is 0 Å². The number of imidazole rings is 1. The summed E-state index contributed by atoms with van der Waals surface area (Å²) in [6.07, 6.45) is 6.53. The van der Waals surface area contributed by atoms with E-state index in [1.807, 2.05) is 18.5 Å². The van der Waals surface area contributed by atoms with E-state index in [-0.39, 0.29) is 0 Å². The molecule has 3 nitrogen and oxygen atoms in total. The van der Waals surface area contributed by atoms with Crippen molar-refractivity contribution in [1.82, 2.24) is 15.0 Å². The van der Waals surface area contributed by atoms with E-state index in [2.05, 4.69) is 33.2 Å². The molecular formula is C12H11N3.